The monoisotopic (exact) mass is 465 g/mol. The van der Waals surface area contributed by atoms with Gasteiger partial charge in [0.15, 0.2) is 10.1 Å². The molecule has 1 aliphatic heterocycles. The molecule has 2 N–H and O–H groups in total. The maximum atomic E-state index is 12.7. The van der Waals surface area contributed by atoms with E-state index in [0.29, 0.717) is 5.02 Å². The fourth-order valence-electron chi connectivity index (χ4n) is 2.50. The molecule has 9 nitrogen and oxygen atoms in total. The van der Waals surface area contributed by atoms with Gasteiger partial charge in [0.1, 0.15) is 0 Å². The topological polar surface area (TPSA) is 122 Å². The molecule has 0 aromatic heterocycles. The highest BCUT2D eigenvalue weighted by molar-refractivity contribution is 8.26. The van der Waals surface area contributed by atoms with Gasteiger partial charge in [-0.3, -0.25) is 25.1 Å². The molecule has 0 atom stereocenters. The number of carbonyl (C=O) groups is 2. The van der Waals surface area contributed by atoms with Crippen LogP contribution in [0.1, 0.15) is 15.9 Å². The van der Waals surface area contributed by atoms with Crippen LogP contribution in [-0.2, 0) is 4.79 Å². The average Bonchev–Trinajstić information content (AvgIpc) is 2.96. The van der Waals surface area contributed by atoms with Crippen LogP contribution < -0.4 is 10.2 Å². The molecule has 2 aromatic carbocycles. The molecule has 0 unspecified atom stereocenters. The number of methoxy groups -OCH3 is 1. The SMILES string of the molecule is COc1cc(/C=C2\SC(=S)N(NC(=O)c3cccc(Cl)c3)C2=O)cc([N+](=O)[O-])c1O. The number of benzene rings is 2. The molecule has 3 rings (SSSR count). The molecule has 0 spiro atoms. The van der Waals surface area contributed by atoms with Crippen LogP contribution in [0.15, 0.2) is 41.3 Å². The Balaban J connectivity index is 1.87. The number of nitro benzene ring substituents is 1. The Labute approximate surface area is 184 Å². The predicted molar refractivity (Wildman–Crippen MR) is 115 cm³/mol. The first-order valence-electron chi connectivity index (χ1n) is 8.11. The van der Waals surface area contributed by atoms with Crippen molar-refractivity contribution in [2.75, 3.05) is 7.11 Å². The van der Waals surface area contributed by atoms with E-state index in [1.807, 2.05) is 0 Å². The zero-order chi connectivity index (χ0) is 22.0. The van der Waals surface area contributed by atoms with Crippen molar-refractivity contribution < 1.29 is 24.4 Å². The number of ether oxygens (including phenoxy) is 1. The quantitative estimate of drug-likeness (QED) is 0.298. The van der Waals surface area contributed by atoms with Crippen molar-refractivity contribution >= 4 is 63.5 Å². The van der Waals surface area contributed by atoms with Gasteiger partial charge in [-0.05, 0) is 48.1 Å². The van der Waals surface area contributed by atoms with Crippen LogP contribution in [0.25, 0.3) is 6.08 Å². The van der Waals surface area contributed by atoms with Gasteiger partial charge in [-0.25, -0.2) is 0 Å². The van der Waals surface area contributed by atoms with Crippen LogP contribution in [0, 0.1) is 10.1 Å². The van der Waals surface area contributed by atoms with Gasteiger partial charge < -0.3 is 9.84 Å². The molecule has 0 radical (unpaired) electrons. The van der Waals surface area contributed by atoms with Crippen LogP contribution >= 0.6 is 35.6 Å². The predicted octanol–water partition coefficient (Wildman–Crippen LogP) is 3.51. The summed E-state index contributed by atoms with van der Waals surface area (Å²) in [5, 5.41) is 22.3. The molecule has 1 fully saturated rings. The van der Waals surface area contributed by atoms with Crippen LogP contribution in [-0.4, -0.2) is 38.3 Å². The van der Waals surface area contributed by atoms with Gasteiger partial charge >= 0.3 is 5.69 Å². The largest absolute Gasteiger partial charge is 0.500 e. The van der Waals surface area contributed by atoms with Crippen LogP contribution in [0.3, 0.4) is 0 Å². The van der Waals surface area contributed by atoms with Crippen molar-refractivity contribution in [2.45, 2.75) is 0 Å². The van der Waals surface area contributed by atoms with E-state index in [-0.39, 0.29) is 26.1 Å². The minimum absolute atomic E-state index is 0.0712. The van der Waals surface area contributed by atoms with E-state index < -0.39 is 28.2 Å². The lowest BCUT2D eigenvalue weighted by Gasteiger charge is -2.15. The molecule has 0 bridgehead atoms. The number of phenolic OH excluding ortho intramolecular Hbond substituents is 1. The van der Waals surface area contributed by atoms with Gasteiger partial charge in [-0.1, -0.05) is 29.4 Å². The third kappa shape index (κ3) is 4.37. The Kier molecular flexibility index (Phi) is 6.25. The number of nitrogens with zero attached hydrogens (tertiary/aromatic N) is 2. The normalized spacial score (nSPS) is 14.9. The summed E-state index contributed by atoms with van der Waals surface area (Å²) < 4.78 is 5.01. The van der Waals surface area contributed by atoms with E-state index in [1.165, 1.54) is 31.4 Å². The van der Waals surface area contributed by atoms with E-state index in [0.717, 1.165) is 22.8 Å². The second-order valence-electron chi connectivity index (χ2n) is 5.82. The molecule has 2 amide bonds. The summed E-state index contributed by atoms with van der Waals surface area (Å²) in [6.45, 7) is 0. The fraction of sp³-hybridized carbons (Fsp3) is 0.0556. The van der Waals surface area contributed by atoms with Crippen molar-refractivity contribution in [2.24, 2.45) is 0 Å². The number of nitro groups is 1. The number of rotatable bonds is 5. The lowest BCUT2D eigenvalue weighted by molar-refractivity contribution is -0.386. The summed E-state index contributed by atoms with van der Waals surface area (Å²) in [6, 6.07) is 8.58. The van der Waals surface area contributed by atoms with E-state index in [4.69, 9.17) is 28.6 Å². The third-order valence-corrected chi connectivity index (χ3v) is 5.42. The Morgan fingerprint density at radius 3 is 2.77 bits per heavy atom. The Morgan fingerprint density at radius 1 is 1.40 bits per heavy atom. The van der Waals surface area contributed by atoms with Gasteiger partial charge in [0.25, 0.3) is 11.8 Å². The smallest absolute Gasteiger partial charge is 0.315 e. The summed E-state index contributed by atoms with van der Waals surface area (Å²) in [4.78, 5) is 35.6. The minimum atomic E-state index is -0.772. The van der Waals surface area contributed by atoms with Crippen LogP contribution in [0.5, 0.6) is 11.5 Å². The number of aromatic hydroxyl groups is 1. The molecule has 12 heteroatoms. The maximum absolute atomic E-state index is 12.7. The summed E-state index contributed by atoms with van der Waals surface area (Å²) in [5.74, 6) is -1.95. The number of phenols is 1. The molecule has 2 aromatic rings. The number of hydrogen-bond donors (Lipinski definition) is 2. The minimum Gasteiger partial charge on any atom is -0.500 e. The summed E-state index contributed by atoms with van der Waals surface area (Å²) in [5.41, 5.74) is 2.30. The third-order valence-electron chi connectivity index (χ3n) is 3.89. The van der Waals surface area contributed by atoms with Gasteiger partial charge in [0, 0.05) is 16.7 Å². The number of amides is 2. The van der Waals surface area contributed by atoms with Crippen molar-refractivity contribution in [3.05, 3.63) is 67.6 Å². The number of nitrogens with one attached hydrogen (secondary N) is 1. The lowest BCUT2D eigenvalue weighted by atomic mass is 10.1. The standard InChI is InChI=1S/C18H12ClN3O6S2/c1-28-13-6-9(5-12(15(13)23)22(26)27)7-14-17(25)21(18(29)30-14)20-16(24)10-3-2-4-11(19)8-10/h2-8,23H,1H3,(H,20,24)/b14-7-. The van der Waals surface area contributed by atoms with Crippen molar-refractivity contribution in [1.82, 2.24) is 10.4 Å². The van der Waals surface area contributed by atoms with Gasteiger partial charge in [0.2, 0.25) is 5.75 Å². The zero-order valence-corrected chi connectivity index (χ0v) is 17.5. The van der Waals surface area contributed by atoms with Crippen molar-refractivity contribution in [3.63, 3.8) is 0 Å². The molecule has 0 saturated carbocycles. The molecule has 30 heavy (non-hydrogen) atoms. The Bertz CT molecular complexity index is 1120. The highest BCUT2D eigenvalue weighted by atomic mass is 35.5. The maximum Gasteiger partial charge on any atom is 0.315 e. The highest BCUT2D eigenvalue weighted by Gasteiger charge is 2.34. The summed E-state index contributed by atoms with van der Waals surface area (Å²) in [6.07, 6.45) is 1.35. The first-order chi connectivity index (χ1) is 14.2. The van der Waals surface area contributed by atoms with Gasteiger partial charge in [-0.15, -0.1) is 0 Å². The number of thiocarbonyl (C=S) groups is 1. The summed E-state index contributed by atoms with van der Waals surface area (Å²) in [7, 11) is 1.24. The number of hydrogen-bond acceptors (Lipinski definition) is 8. The Morgan fingerprint density at radius 2 is 2.13 bits per heavy atom. The first kappa shape index (κ1) is 21.6. The number of thioether (sulfide) groups is 1. The lowest BCUT2D eigenvalue weighted by Crippen LogP contribution is -2.44. The molecule has 0 aliphatic carbocycles. The second-order valence-corrected chi connectivity index (χ2v) is 7.93. The van der Waals surface area contributed by atoms with Crippen LogP contribution in [0.4, 0.5) is 5.69 Å². The van der Waals surface area contributed by atoms with E-state index in [1.54, 1.807) is 12.1 Å². The summed E-state index contributed by atoms with van der Waals surface area (Å²) >= 11 is 11.9. The van der Waals surface area contributed by atoms with Gasteiger partial charge in [0.05, 0.1) is 16.9 Å². The molecule has 1 heterocycles. The van der Waals surface area contributed by atoms with Crippen molar-refractivity contribution in [1.29, 1.82) is 0 Å². The number of hydrazine groups is 1. The molecule has 1 aliphatic rings. The highest BCUT2D eigenvalue weighted by Crippen LogP contribution is 2.39. The molecular weight excluding hydrogens is 454 g/mol. The van der Waals surface area contributed by atoms with Crippen LogP contribution in [0.2, 0.25) is 5.02 Å². The van der Waals surface area contributed by atoms with Crippen molar-refractivity contribution in [3.8, 4) is 11.5 Å². The molecular formula is C18H12ClN3O6S2. The fourth-order valence-corrected chi connectivity index (χ4v) is 3.87. The van der Waals surface area contributed by atoms with Gasteiger partial charge in [-0.2, -0.15) is 5.01 Å². The van der Waals surface area contributed by atoms with E-state index >= 15 is 0 Å². The zero-order valence-electron chi connectivity index (χ0n) is 15.1. The molecule has 1 saturated heterocycles. The first-order valence-corrected chi connectivity index (χ1v) is 9.71. The second kappa shape index (κ2) is 8.69. The average molecular weight is 466 g/mol. The number of carbonyl (C=O) groups excluding carboxylic acids is 2. The van der Waals surface area contributed by atoms with E-state index in [9.17, 15) is 24.8 Å². The number of halogens is 1. The molecule has 154 valence electrons. The van der Waals surface area contributed by atoms with E-state index in [2.05, 4.69) is 5.43 Å². The Hall–Kier alpha value is -3.15.